The summed E-state index contributed by atoms with van der Waals surface area (Å²) in [5.41, 5.74) is 0.613. The third kappa shape index (κ3) is 2.41. The number of thiazole rings is 1. The zero-order valence-electron chi connectivity index (χ0n) is 11.6. The molecule has 4 nitrogen and oxygen atoms in total. The van der Waals surface area contributed by atoms with E-state index in [1.165, 1.54) is 0 Å². The van der Waals surface area contributed by atoms with E-state index in [-0.39, 0.29) is 5.91 Å². The van der Waals surface area contributed by atoms with Gasteiger partial charge in [0.15, 0.2) is 0 Å². The molecule has 2 saturated heterocycles. The molecular weight excluding hydrogens is 302 g/mol. The SMILES string of the molecule is O=C(c1csc(-c2cccs2)n1)N1C2CCNCC1CC2. The Hall–Kier alpha value is -1.24. The van der Waals surface area contributed by atoms with Crippen molar-refractivity contribution in [2.24, 2.45) is 0 Å². The van der Waals surface area contributed by atoms with Crippen molar-refractivity contribution in [1.82, 2.24) is 15.2 Å². The molecule has 0 aliphatic carbocycles. The van der Waals surface area contributed by atoms with Crippen LogP contribution in [0.5, 0.6) is 0 Å². The Balaban J connectivity index is 1.60. The van der Waals surface area contributed by atoms with E-state index < -0.39 is 0 Å². The summed E-state index contributed by atoms with van der Waals surface area (Å²) in [6.45, 7) is 1.94. The van der Waals surface area contributed by atoms with Gasteiger partial charge in [0.25, 0.3) is 5.91 Å². The number of aromatic nitrogens is 1. The highest BCUT2D eigenvalue weighted by atomic mass is 32.1. The summed E-state index contributed by atoms with van der Waals surface area (Å²) < 4.78 is 0. The summed E-state index contributed by atoms with van der Waals surface area (Å²) in [5.74, 6) is 0.116. The van der Waals surface area contributed by atoms with Crippen molar-refractivity contribution in [2.75, 3.05) is 13.1 Å². The van der Waals surface area contributed by atoms with Crippen LogP contribution in [0, 0.1) is 0 Å². The topological polar surface area (TPSA) is 45.2 Å². The molecule has 0 spiro atoms. The quantitative estimate of drug-likeness (QED) is 0.926. The maximum Gasteiger partial charge on any atom is 0.273 e. The molecule has 2 unspecified atom stereocenters. The summed E-state index contributed by atoms with van der Waals surface area (Å²) in [6, 6.07) is 4.81. The normalized spacial score (nSPS) is 25.0. The third-order valence-corrected chi connectivity index (χ3v) is 6.23. The molecule has 1 N–H and O–H groups in total. The van der Waals surface area contributed by atoms with Crippen molar-refractivity contribution in [3.8, 4) is 9.88 Å². The number of hydrogen-bond acceptors (Lipinski definition) is 5. The van der Waals surface area contributed by atoms with Crippen LogP contribution in [0.2, 0.25) is 0 Å². The molecule has 4 heterocycles. The minimum Gasteiger partial charge on any atom is -0.330 e. The number of hydrogen-bond donors (Lipinski definition) is 1. The van der Waals surface area contributed by atoms with Crippen LogP contribution in [-0.2, 0) is 0 Å². The molecule has 2 atom stereocenters. The Bertz CT molecular complexity index is 623. The fraction of sp³-hybridized carbons (Fsp3) is 0.467. The van der Waals surface area contributed by atoms with Crippen molar-refractivity contribution in [2.45, 2.75) is 31.3 Å². The lowest BCUT2D eigenvalue weighted by Gasteiger charge is -2.27. The van der Waals surface area contributed by atoms with Crippen LogP contribution in [0.4, 0.5) is 0 Å². The molecule has 2 fully saturated rings. The van der Waals surface area contributed by atoms with Gasteiger partial charge in [-0.1, -0.05) is 6.07 Å². The molecule has 2 aliphatic rings. The highest BCUT2D eigenvalue weighted by molar-refractivity contribution is 7.20. The van der Waals surface area contributed by atoms with Crippen LogP contribution >= 0.6 is 22.7 Å². The molecule has 21 heavy (non-hydrogen) atoms. The summed E-state index contributed by atoms with van der Waals surface area (Å²) in [4.78, 5) is 20.6. The monoisotopic (exact) mass is 319 g/mol. The van der Waals surface area contributed by atoms with Gasteiger partial charge in [-0.15, -0.1) is 22.7 Å². The Morgan fingerprint density at radius 1 is 1.29 bits per heavy atom. The summed E-state index contributed by atoms with van der Waals surface area (Å²) >= 11 is 3.23. The van der Waals surface area contributed by atoms with Gasteiger partial charge in [-0.25, -0.2) is 4.98 Å². The van der Waals surface area contributed by atoms with Gasteiger partial charge in [-0.3, -0.25) is 4.79 Å². The molecule has 2 bridgehead atoms. The average Bonchev–Trinajstić information content (AvgIpc) is 3.15. The highest BCUT2D eigenvalue weighted by Crippen LogP contribution is 2.32. The highest BCUT2D eigenvalue weighted by Gasteiger charge is 2.39. The molecule has 4 rings (SSSR count). The summed E-state index contributed by atoms with van der Waals surface area (Å²) in [5, 5.41) is 8.34. The molecule has 0 saturated carbocycles. The van der Waals surface area contributed by atoms with Crippen LogP contribution in [0.1, 0.15) is 29.8 Å². The van der Waals surface area contributed by atoms with E-state index in [1.54, 1.807) is 22.7 Å². The zero-order valence-corrected chi connectivity index (χ0v) is 13.3. The van der Waals surface area contributed by atoms with Crippen molar-refractivity contribution in [3.63, 3.8) is 0 Å². The number of carbonyl (C=O) groups is 1. The molecule has 6 heteroatoms. The maximum atomic E-state index is 12.8. The molecule has 2 aliphatic heterocycles. The molecule has 2 aromatic rings. The minimum atomic E-state index is 0.116. The van der Waals surface area contributed by atoms with Crippen LogP contribution < -0.4 is 5.32 Å². The number of amides is 1. The fourth-order valence-corrected chi connectivity index (χ4v) is 4.94. The molecule has 0 radical (unpaired) electrons. The van der Waals surface area contributed by atoms with Gasteiger partial charge in [0.2, 0.25) is 0 Å². The van der Waals surface area contributed by atoms with Crippen molar-refractivity contribution in [3.05, 3.63) is 28.6 Å². The van der Waals surface area contributed by atoms with Crippen LogP contribution in [0.3, 0.4) is 0 Å². The lowest BCUT2D eigenvalue weighted by Crippen LogP contribution is -2.42. The summed E-state index contributed by atoms with van der Waals surface area (Å²) in [7, 11) is 0. The van der Waals surface area contributed by atoms with Crippen molar-refractivity contribution >= 4 is 28.6 Å². The second kappa shape index (κ2) is 5.51. The first-order valence-electron chi connectivity index (χ1n) is 7.36. The Morgan fingerprint density at radius 3 is 3.05 bits per heavy atom. The lowest BCUT2D eigenvalue weighted by atomic mass is 10.1. The standard InChI is InChI=1S/C15H17N3OS2/c19-15(18-10-3-4-11(18)8-16-6-5-10)12-9-21-14(17-12)13-2-1-7-20-13/h1-2,7,9-11,16H,3-6,8H2. The van der Waals surface area contributed by atoms with Gasteiger partial charge in [0.05, 0.1) is 4.88 Å². The molecule has 110 valence electrons. The maximum absolute atomic E-state index is 12.8. The lowest BCUT2D eigenvalue weighted by molar-refractivity contribution is 0.0675. The Morgan fingerprint density at radius 2 is 2.19 bits per heavy atom. The zero-order chi connectivity index (χ0) is 14.2. The van der Waals surface area contributed by atoms with E-state index in [0.717, 1.165) is 42.2 Å². The van der Waals surface area contributed by atoms with E-state index in [1.807, 2.05) is 16.8 Å². The second-order valence-corrected chi connectivity index (χ2v) is 7.41. The predicted octanol–water partition coefficient (Wildman–Crippen LogP) is 2.84. The smallest absolute Gasteiger partial charge is 0.273 e. The second-order valence-electron chi connectivity index (χ2n) is 5.61. The first kappa shape index (κ1) is 13.4. The van der Waals surface area contributed by atoms with E-state index in [0.29, 0.717) is 17.8 Å². The largest absolute Gasteiger partial charge is 0.330 e. The minimum absolute atomic E-state index is 0.116. The van der Waals surface area contributed by atoms with Gasteiger partial charge in [-0.2, -0.15) is 0 Å². The number of fused-ring (bicyclic) bond motifs is 2. The van der Waals surface area contributed by atoms with E-state index in [2.05, 4.69) is 21.3 Å². The number of carbonyl (C=O) groups excluding carboxylic acids is 1. The molecule has 2 aromatic heterocycles. The number of nitrogens with zero attached hydrogens (tertiary/aromatic N) is 2. The predicted molar refractivity (Wildman–Crippen MR) is 85.9 cm³/mol. The summed E-state index contributed by atoms with van der Waals surface area (Å²) in [6.07, 6.45) is 3.31. The van der Waals surface area contributed by atoms with E-state index in [4.69, 9.17) is 0 Å². The van der Waals surface area contributed by atoms with E-state index >= 15 is 0 Å². The molecular formula is C15H17N3OS2. The van der Waals surface area contributed by atoms with Crippen LogP contribution in [0.15, 0.2) is 22.9 Å². The Labute approximate surface area is 131 Å². The number of nitrogens with one attached hydrogen (secondary N) is 1. The van der Waals surface area contributed by atoms with E-state index in [9.17, 15) is 4.79 Å². The van der Waals surface area contributed by atoms with Gasteiger partial charge in [0, 0.05) is 24.0 Å². The third-order valence-electron chi connectivity index (χ3n) is 4.34. The van der Waals surface area contributed by atoms with Crippen LogP contribution in [0.25, 0.3) is 9.88 Å². The number of thiophene rings is 1. The first-order valence-corrected chi connectivity index (χ1v) is 9.11. The molecule has 1 amide bonds. The molecule has 0 aromatic carbocycles. The van der Waals surface area contributed by atoms with Gasteiger partial charge < -0.3 is 10.2 Å². The number of rotatable bonds is 2. The first-order chi connectivity index (χ1) is 10.3. The average molecular weight is 319 g/mol. The van der Waals surface area contributed by atoms with Crippen LogP contribution in [-0.4, -0.2) is 41.0 Å². The van der Waals surface area contributed by atoms with Gasteiger partial charge >= 0.3 is 0 Å². The van der Waals surface area contributed by atoms with Crippen molar-refractivity contribution in [1.29, 1.82) is 0 Å². The van der Waals surface area contributed by atoms with Gasteiger partial charge in [0.1, 0.15) is 10.7 Å². The van der Waals surface area contributed by atoms with Crippen molar-refractivity contribution < 1.29 is 4.79 Å². The fourth-order valence-electron chi connectivity index (χ4n) is 3.33. The van der Waals surface area contributed by atoms with Gasteiger partial charge in [-0.05, 0) is 37.3 Å². The Kier molecular flexibility index (Phi) is 3.52.